The molecule has 23 heavy (non-hydrogen) atoms. The zero-order chi connectivity index (χ0) is 17.0. The number of piperidine rings is 1. The maximum Gasteiger partial charge on any atom is 0.325 e. The van der Waals surface area contributed by atoms with Gasteiger partial charge in [-0.3, -0.25) is 9.69 Å². The maximum absolute atomic E-state index is 13.2. The Balaban J connectivity index is 1.97. The van der Waals surface area contributed by atoms with Gasteiger partial charge in [0.05, 0.1) is 19.3 Å². The van der Waals surface area contributed by atoms with Crippen molar-refractivity contribution in [1.29, 1.82) is 0 Å². The monoisotopic (exact) mass is 323 g/mol. The van der Waals surface area contributed by atoms with E-state index < -0.39 is 5.54 Å². The van der Waals surface area contributed by atoms with Crippen LogP contribution in [0.15, 0.2) is 0 Å². The summed E-state index contributed by atoms with van der Waals surface area (Å²) in [6.07, 6.45) is 2.46. The summed E-state index contributed by atoms with van der Waals surface area (Å²) in [6.45, 7) is 11.7. The van der Waals surface area contributed by atoms with Crippen LogP contribution in [0.25, 0.3) is 0 Å². The summed E-state index contributed by atoms with van der Waals surface area (Å²) in [4.78, 5) is 27.1. The fourth-order valence-electron chi connectivity index (χ4n) is 4.36. The van der Waals surface area contributed by atoms with E-state index in [1.165, 1.54) is 4.90 Å². The van der Waals surface area contributed by atoms with Crippen LogP contribution in [-0.2, 0) is 9.53 Å². The molecule has 6 heteroatoms. The lowest BCUT2D eigenvalue weighted by molar-refractivity contribution is -0.138. The topological polar surface area (TPSA) is 74.0 Å². The fraction of sp³-hybridized carbons (Fsp3) is 0.882. The van der Waals surface area contributed by atoms with Crippen LogP contribution >= 0.6 is 0 Å². The molecule has 3 heterocycles. The molecule has 0 aromatic rings. The van der Waals surface area contributed by atoms with E-state index in [4.69, 9.17) is 4.74 Å². The van der Waals surface area contributed by atoms with E-state index in [2.05, 4.69) is 45.3 Å². The van der Waals surface area contributed by atoms with Crippen LogP contribution in [0.3, 0.4) is 0 Å². The largest absolute Gasteiger partial charge is 0.371 e. The first kappa shape index (κ1) is 16.7. The minimum Gasteiger partial charge on any atom is -0.371 e. The van der Waals surface area contributed by atoms with E-state index >= 15 is 0 Å². The third-order valence-corrected chi connectivity index (χ3v) is 6.46. The van der Waals surface area contributed by atoms with Crippen LogP contribution in [0.1, 0.15) is 53.9 Å². The van der Waals surface area contributed by atoms with Crippen molar-refractivity contribution in [1.82, 2.24) is 15.5 Å². The molecule has 5 unspecified atom stereocenters. The third kappa shape index (κ3) is 2.47. The second-order valence-corrected chi connectivity index (χ2v) is 7.98. The summed E-state index contributed by atoms with van der Waals surface area (Å²) in [5.41, 5.74) is -1.18. The number of epoxide rings is 1. The molecule has 3 saturated heterocycles. The highest BCUT2D eigenvalue weighted by molar-refractivity contribution is 6.07. The van der Waals surface area contributed by atoms with Crippen LogP contribution in [0.4, 0.5) is 4.79 Å². The normalized spacial score (nSPS) is 46.4. The molecule has 0 aliphatic carbocycles. The quantitative estimate of drug-likeness (QED) is 0.609. The fourth-order valence-corrected chi connectivity index (χ4v) is 4.36. The molecule has 2 N–H and O–H groups in total. The first-order valence-electron chi connectivity index (χ1n) is 8.75. The Morgan fingerprint density at radius 1 is 1.26 bits per heavy atom. The predicted octanol–water partition coefficient (Wildman–Crippen LogP) is 1.64. The molecule has 3 aliphatic heterocycles. The second-order valence-electron chi connectivity index (χ2n) is 7.98. The molecule has 6 nitrogen and oxygen atoms in total. The van der Waals surface area contributed by atoms with E-state index in [9.17, 15) is 9.59 Å². The number of rotatable bonds is 4. The lowest BCUT2D eigenvalue weighted by Crippen LogP contribution is -2.74. The Bertz CT molecular complexity index is 535. The lowest BCUT2D eigenvalue weighted by Gasteiger charge is -2.56. The lowest BCUT2D eigenvalue weighted by atomic mass is 9.61. The van der Waals surface area contributed by atoms with E-state index in [0.717, 1.165) is 12.8 Å². The molecule has 0 aromatic heterocycles. The molecule has 0 radical (unpaired) electrons. The van der Waals surface area contributed by atoms with Crippen LogP contribution in [0.2, 0.25) is 0 Å². The third-order valence-electron chi connectivity index (χ3n) is 6.46. The van der Waals surface area contributed by atoms with Crippen molar-refractivity contribution in [3.63, 3.8) is 0 Å². The maximum atomic E-state index is 13.2. The van der Waals surface area contributed by atoms with Crippen molar-refractivity contribution in [3.8, 4) is 0 Å². The summed E-state index contributed by atoms with van der Waals surface area (Å²) in [6, 6.07) is -0.267. The molecule has 3 aliphatic rings. The van der Waals surface area contributed by atoms with E-state index in [1.807, 2.05) is 0 Å². The van der Waals surface area contributed by atoms with E-state index in [-0.39, 0.29) is 35.0 Å². The number of hydrogen-bond acceptors (Lipinski definition) is 4. The molecule has 3 fully saturated rings. The van der Waals surface area contributed by atoms with Crippen molar-refractivity contribution in [2.45, 2.75) is 76.6 Å². The summed E-state index contributed by atoms with van der Waals surface area (Å²) < 4.78 is 5.21. The molecule has 1 spiro atoms. The average molecular weight is 323 g/mol. The minimum absolute atomic E-state index is 0.0150. The van der Waals surface area contributed by atoms with Gasteiger partial charge in [-0.15, -0.1) is 0 Å². The van der Waals surface area contributed by atoms with Crippen molar-refractivity contribution >= 4 is 11.9 Å². The van der Waals surface area contributed by atoms with Crippen LogP contribution < -0.4 is 10.6 Å². The molecular weight excluding hydrogens is 294 g/mol. The number of imide groups is 1. The van der Waals surface area contributed by atoms with Gasteiger partial charge in [-0.25, -0.2) is 4.79 Å². The van der Waals surface area contributed by atoms with Gasteiger partial charge in [0.25, 0.3) is 5.91 Å². The number of urea groups is 1. The van der Waals surface area contributed by atoms with Gasteiger partial charge in [0.1, 0.15) is 5.54 Å². The number of nitrogens with one attached hydrogen (secondary N) is 2. The molecule has 0 saturated carbocycles. The van der Waals surface area contributed by atoms with Gasteiger partial charge in [-0.1, -0.05) is 20.8 Å². The molecule has 0 bridgehead atoms. The molecular formula is C17H29N3O3. The zero-order valence-corrected chi connectivity index (χ0v) is 14.9. The molecule has 130 valence electrons. The average Bonchev–Trinajstić information content (AvgIpc) is 3.29. The first-order valence-corrected chi connectivity index (χ1v) is 8.75. The zero-order valence-electron chi connectivity index (χ0n) is 14.9. The van der Waals surface area contributed by atoms with Gasteiger partial charge in [0.2, 0.25) is 0 Å². The predicted molar refractivity (Wildman–Crippen MR) is 87.0 cm³/mol. The standard InChI is InChI=1S/C17H29N3O3/c1-6-15(4)10-17(11(3)16(5,7-2)19-15)13(21)20(14(22)18-17)8-12-9-23-12/h11-12,19H,6-10H2,1-5H3,(H,18,22). The summed E-state index contributed by atoms with van der Waals surface area (Å²) in [5.74, 6) is -0.0625. The Kier molecular flexibility index (Phi) is 3.76. The highest BCUT2D eigenvalue weighted by atomic mass is 16.6. The Labute approximate surface area is 138 Å². The molecule has 5 atom stereocenters. The van der Waals surface area contributed by atoms with Crippen molar-refractivity contribution < 1.29 is 14.3 Å². The van der Waals surface area contributed by atoms with Crippen molar-refractivity contribution in [3.05, 3.63) is 0 Å². The van der Waals surface area contributed by atoms with Gasteiger partial charge < -0.3 is 15.4 Å². The Hall–Kier alpha value is -1.14. The van der Waals surface area contributed by atoms with E-state index in [0.29, 0.717) is 19.6 Å². The van der Waals surface area contributed by atoms with Gasteiger partial charge in [0, 0.05) is 17.0 Å². The molecule has 3 amide bonds. The van der Waals surface area contributed by atoms with Gasteiger partial charge >= 0.3 is 6.03 Å². The highest BCUT2D eigenvalue weighted by Gasteiger charge is 2.64. The molecule has 0 aromatic carbocycles. The summed E-state index contributed by atoms with van der Waals surface area (Å²) in [7, 11) is 0. The number of hydrogen-bond donors (Lipinski definition) is 2. The number of carbonyl (C=O) groups excluding carboxylic acids is 2. The van der Waals surface area contributed by atoms with Gasteiger partial charge in [-0.2, -0.15) is 0 Å². The van der Waals surface area contributed by atoms with Crippen molar-refractivity contribution in [2.75, 3.05) is 13.2 Å². The van der Waals surface area contributed by atoms with Gasteiger partial charge in [0.15, 0.2) is 0 Å². The Morgan fingerprint density at radius 2 is 1.91 bits per heavy atom. The summed E-state index contributed by atoms with van der Waals surface area (Å²) >= 11 is 0. The number of ether oxygens (including phenoxy) is 1. The smallest absolute Gasteiger partial charge is 0.325 e. The van der Waals surface area contributed by atoms with Crippen LogP contribution in [0.5, 0.6) is 0 Å². The SMILES string of the molecule is CCC1(C)CC2(NC(=O)N(CC3CO3)C2=O)C(C)C(C)(CC)N1. The van der Waals surface area contributed by atoms with Crippen LogP contribution in [-0.4, -0.2) is 52.7 Å². The van der Waals surface area contributed by atoms with Crippen LogP contribution in [0, 0.1) is 5.92 Å². The van der Waals surface area contributed by atoms with E-state index in [1.54, 1.807) is 0 Å². The number of carbonyl (C=O) groups is 2. The Morgan fingerprint density at radius 3 is 2.43 bits per heavy atom. The number of amides is 3. The number of nitrogens with zero attached hydrogens (tertiary/aromatic N) is 1. The minimum atomic E-state index is -0.813. The van der Waals surface area contributed by atoms with Gasteiger partial charge in [-0.05, 0) is 33.1 Å². The molecule has 3 rings (SSSR count). The van der Waals surface area contributed by atoms with Crippen molar-refractivity contribution in [2.24, 2.45) is 5.92 Å². The summed E-state index contributed by atoms with van der Waals surface area (Å²) in [5, 5.41) is 6.84. The second kappa shape index (κ2) is 5.18. The first-order chi connectivity index (χ1) is 10.7. The highest BCUT2D eigenvalue weighted by Crippen LogP contribution is 2.46.